The summed E-state index contributed by atoms with van der Waals surface area (Å²) in [6.45, 7) is 1.83. The van der Waals surface area contributed by atoms with E-state index in [1.165, 1.54) is 21.8 Å². The average molecular weight is 348 g/mol. The monoisotopic (exact) mass is 347 g/mol. The van der Waals surface area contributed by atoms with Gasteiger partial charge in [-0.15, -0.1) is 11.3 Å². The molecule has 4 rings (SSSR count). The second-order valence-corrected chi connectivity index (χ2v) is 6.35. The van der Waals surface area contributed by atoms with Crippen LogP contribution in [-0.4, -0.2) is 24.7 Å². The highest BCUT2D eigenvalue weighted by Crippen LogP contribution is 2.35. The lowest BCUT2D eigenvalue weighted by molar-refractivity contribution is 0.477. The van der Waals surface area contributed by atoms with Gasteiger partial charge in [-0.05, 0) is 24.6 Å². The summed E-state index contributed by atoms with van der Waals surface area (Å²) in [5.41, 5.74) is 7.53. The molecule has 4 aromatic rings. The Morgan fingerprint density at radius 3 is 3.00 bits per heavy atom. The molecule has 0 bridgehead atoms. The number of nitrogen functional groups attached to an aromatic ring is 1. The van der Waals surface area contributed by atoms with Crippen molar-refractivity contribution in [3.8, 4) is 17.0 Å². The largest absolute Gasteiger partial charge is 0.507 e. The van der Waals surface area contributed by atoms with Crippen LogP contribution in [0.2, 0.25) is 5.02 Å². The Morgan fingerprint density at radius 2 is 2.22 bits per heavy atom. The minimum absolute atomic E-state index is 0.00698. The Morgan fingerprint density at radius 1 is 1.43 bits per heavy atom. The number of aryl methyl sites for hydroxylation is 1. The van der Waals surface area contributed by atoms with Gasteiger partial charge in [0.2, 0.25) is 0 Å². The first kappa shape index (κ1) is 14.0. The van der Waals surface area contributed by atoms with Crippen LogP contribution in [-0.2, 0) is 0 Å². The molecular formula is C14H10ClN5O2S. The predicted molar refractivity (Wildman–Crippen MR) is 90.3 cm³/mol. The number of aromatic nitrogens is 4. The van der Waals surface area contributed by atoms with Crippen molar-refractivity contribution in [2.24, 2.45) is 0 Å². The van der Waals surface area contributed by atoms with Gasteiger partial charge in [0.1, 0.15) is 17.0 Å². The van der Waals surface area contributed by atoms with E-state index in [0.717, 1.165) is 5.56 Å². The maximum atomic E-state index is 12.8. The number of anilines is 1. The number of aromatic amines is 1. The van der Waals surface area contributed by atoms with Gasteiger partial charge in [-0.25, -0.2) is 0 Å². The normalized spacial score (nSPS) is 11.6. The van der Waals surface area contributed by atoms with Crippen LogP contribution in [0.15, 0.2) is 22.3 Å². The summed E-state index contributed by atoms with van der Waals surface area (Å²) in [7, 11) is 0. The lowest BCUT2D eigenvalue weighted by atomic mass is 10.1. The van der Waals surface area contributed by atoms with Crippen molar-refractivity contribution in [2.75, 3.05) is 5.73 Å². The summed E-state index contributed by atoms with van der Waals surface area (Å²) >= 11 is 7.29. The fraction of sp³-hybridized carbons (Fsp3) is 0.0714. The van der Waals surface area contributed by atoms with Crippen molar-refractivity contribution in [2.45, 2.75) is 6.92 Å². The van der Waals surface area contributed by atoms with E-state index in [2.05, 4.69) is 15.2 Å². The maximum absolute atomic E-state index is 12.8. The van der Waals surface area contributed by atoms with Crippen molar-refractivity contribution in [3.05, 3.63) is 38.5 Å². The van der Waals surface area contributed by atoms with Gasteiger partial charge >= 0.3 is 0 Å². The van der Waals surface area contributed by atoms with Crippen molar-refractivity contribution >= 4 is 44.7 Å². The first-order chi connectivity index (χ1) is 11.0. The van der Waals surface area contributed by atoms with Gasteiger partial charge in [0.15, 0.2) is 10.6 Å². The van der Waals surface area contributed by atoms with E-state index in [1.54, 1.807) is 11.4 Å². The molecule has 0 saturated carbocycles. The highest BCUT2D eigenvalue weighted by Gasteiger charge is 2.18. The maximum Gasteiger partial charge on any atom is 0.272 e. The number of nitrogens with two attached hydrogens (primary N) is 1. The molecule has 3 aromatic heterocycles. The van der Waals surface area contributed by atoms with Crippen LogP contribution >= 0.6 is 22.9 Å². The Balaban J connectivity index is 2.13. The van der Waals surface area contributed by atoms with Crippen molar-refractivity contribution in [1.29, 1.82) is 0 Å². The van der Waals surface area contributed by atoms with Gasteiger partial charge < -0.3 is 10.8 Å². The molecule has 0 fully saturated rings. The molecule has 0 unspecified atom stereocenters. The third kappa shape index (κ3) is 1.92. The van der Waals surface area contributed by atoms with E-state index in [1.807, 2.05) is 6.92 Å². The zero-order chi connectivity index (χ0) is 16.3. The van der Waals surface area contributed by atoms with Crippen LogP contribution in [0.5, 0.6) is 5.75 Å². The topological polar surface area (TPSA) is 109 Å². The zero-order valence-electron chi connectivity index (χ0n) is 11.8. The van der Waals surface area contributed by atoms with Crippen molar-refractivity contribution < 1.29 is 5.11 Å². The number of hydrogen-bond donors (Lipinski definition) is 3. The molecule has 9 heteroatoms. The Bertz CT molecular complexity index is 1140. The van der Waals surface area contributed by atoms with Crippen LogP contribution < -0.4 is 11.3 Å². The minimum Gasteiger partial charge on any atom is -0.507 e. The molecule has 0 spiro atoms. The first-order valence-corrected chi connectivity index (χ1v) is 7.86. The van der Waals surface area contributed by atoms with E-state index < -0.39 is 0 Å². The van der Waals surface area contributed by atoms with E-state index in [9.17, 15) is 9.90 Å². The number of thiazole rings is 1. The molecule has 0 saturated heterocycles. The number of aromatic hydroxyl groups is 1. The lowest BCUT2D eigenvalue weighted by Gasteiger charge is -2.07. The summed E-state index contributed by atoms with van der Waals surface area (Å²) in [5.74, 6) is 0.160. The van der Waals surface area contributed by atoms with Crippen molar-refractivity contribution in [3.63, 3.8) is 0 Å². The number of benzene rings is 1. The number of phenols is 1. The Labute approximate surface area is 138 Å². The molecule has 4 N–H and O–H groups in total. The molecule has 0 radical (unpaired) electrons. The number of nitrogens with zero attached hydrogens (tertiary/aromatic N) is 3. The fourth-order valence-corrected chi connectivity index (χ4v) is 3.52. The van der Waals surface area contributed by atoms with Gasteiger partial charge in [-0.2, -0.15) is 10.1 Å². The quantitative estimate of drug-likeness (QED) is 0.490. The third-order valence-electron chi connectivity index (χ3n) is 3.65. The Hall–Kier alpha value is -2.58. The van der Waals surface area contributed by atoms with Crippen molar-refractivity contribution in [1.82, 2.24) is 19.6 Å². The fourth-order valence-electron chi connectivity index (χ4n) is 2.49. The number of fused-ring (bicyclic) bond motifs is 2. The molecule has 0 aliphatic rings. The van der Waals surface area contributed by atoms with Gasteiger partial charge in [0, 0.05) is 16.0 Å². The predicted octanol–water partition coefficient (Wildman–Crippen LogP) is 2.55. The van der Waals surface area contributed by atoms with Gasteiger partial charge in [0.05, 0.1) is 5.69 Å². The van der Waals surface area contributed by atoms with Crippen LogP contribution in [0, 0.1) is 6.92 Å². The van der Waals surface area contributed by atoms with Gasteiger partial charge in [-0.1, -0.05) is 11.6 Å². The van der Waals surface area contributed by atoms with E-state index in [-0.39, 0.29) is 28.2 Å². The van der Waals surface area contributed by atoms with E-state index in [0.29, 0.717) is 21.2 Å². The highest BCUT2D eigenvalue weighted by molar-refractivity contribution is 7.15. The summed E-state index contributed by atoms with van der Waals surface area (Å²) in [4.78, 5) is 17.6. The van der Waals surface area contributed by atoms with Gasteiger partial charge in [-0.3, -0.25) is 14.3 Å². The number of H-pyrrole nitrogens is 1. The molecular weight excluding hydrogens is 338 g/mol. The molecule has 0 aliphatic carbocycles. The molecule has 0 aliphatic heterocycles. The molecule has 0 atom stereocenters. The second kappa shape index (κ2) is 4.71. The summed E-state index contributed by atoms with van der Waals surface area (Å²) in [6.07, 6.45) is 0. The lowest BCUT2D eigenvalue weighted by Crippen LogP contribution is -2.15. The summed E-state index contributed by atoms with van der Waals surface area (Å²) in [6, 6.07) is 3.19. The summed E-state index contributed by atoms with van der Waals surface area (Å²) in [5, 5.41) is 19.1. The van der Waals surface area contributed by atoms with Crippen LogP contribution in [0.3, 0.4) is 0 Å². The average Bonchev–Trinajstić information content (AvgIpc) is 3.08. The molecule has 7 nitrogen and oxygen atoms in total. The molecule has 116 valence electrons. The number of hydrogen-bond acceptors (Lipinski definition) is 6. The van der Waals surface area contributed by atoms with E-state index in [4.69, 9.17) is 17.3 Å². The zero-order valence-corrected chi connectivity index (χ0v) is 13.4. The number of halogens is 1. The number of nitrogens with one attached hydrogen (secondary N) is 1. The number of rotatable bonds is 1. The van der Waals surface area contributed by atoms with E-state index >= 15 is 0 Å². The number of phenolic OH excluding ortho intramolecular Hbond substituents is 1. The second-order valence-electron chi connectivity index (χ2n) is 5.11. The minimum atomic E-state index is -0.334. The molecule has 0 amide bonds. The highest BCUT2D eigenvalue weighted by atomic mass is 35.5. The van der Waals surface area contributed by atoms with Crippen LogP contribution in [0.1, 0.15) is 5.56 Å². The Kier molecular flexibility index (Phi) is 2.87. The third-order valence-corrected chi connectivity index (χ3v) is 4.89. The smallest absolute Gasteiger partial charge is 0.272 e. The van der Waals surface area contributed by atoms with Gasteiger partial charge in [0.25, 0.3) is 5.56 Å². The SMILES string of the molecule is Cc1cc(-c2csc3nc4n[nH]c(N)c4c(=O)n23)c(O)cc1Cl. The first-order valence-electron chi connectivity index (χ1n) is 6.60. The van der Waals surface area contributed by atoms with Crippen LogP contribution in [0.4, 0.5) is 5.82 Å². The summed E-state index contributed by atoms with van der Waals surface area (Å²) < 4.78 is 1.42. The molecule has 3 heterocycles. The van der Waals surface area contributed by atoms with Crippen LogP contribution in [0.25, 0.3) is 27.3 Å². The molecule has 1 aromatic carbocycles. The molecule has 23 heavy (non-hydrogen) atoms. The standard InChI is InChI=1S/C14H10ClN5O2S/c1-5-2-6(9(21)3-7(5)15)8-4-23-14-17-12-10(11(16)18-19-12)13(22)20(8)14/h2-4,21H,1H3,(H3,16,18,19).